The van der Waals surface area contributed by atoms with Crippen molar-refractivity contribution in [3.8, 4) is 0 Å². The zero-order valence-corrected chi connectivity index (χ0v) is 9.75. The highest BCUT2D eigenvalue weighted by Gasteiger charge is 2.20. The minimum absolute atomic E-state index is 0.536. The fourth-order valence-electron chi connectivity index (χ4n) is 1.52. The Hall–Kier alpha value is -2.43. The van der Waals surface area contributed by atoms with Gasteiger partial charge in [-0.3, -0.25) is 14.6 Å². The molecule has 0 aliphatic heterocycles. The molecule has 0 radical (unpaired) electrons. The van der Waals surface area contributed by atoms with Crippen molar-refractivity contribution in [2.75, 3.05) is 5.32 Å². The van der Waals surface area contributed by atoms with E-state index in [9.17, 15) is 9.59 Å². The van der Waals surface area contributed by atoms with Crippen LogP contribution in [0.1, 0.15) is 6.92 Å². The summed E-state index contributed by atoms with van der Waals surface area (Å²) in [6, 6.07) is 8.90. The average molecular weight is 244 g/mol. The third kappa shape index (κ3) is 2.45. The molecule has 0 fully saturated rings. The smallest absolute Gasteiger partial charge is 0.315 e. The maximum atomic E-state index is 11.6. The Bertz CT molecular complexity index is 610. The third-order valence-electron chi connectivity index (χ3n) is 2.63. The van der Waals surface area contributed by atoms with E-state index in [1.54, 1.807) is 30.5 Å². The summed E-state index contributed by atoms with van der Waals surface area (Å²) in [7, 11) is 0. The predicted molar refractivity (Wildman–Crippen MR) is 67.2 cm³/mol. The normalized spacial score (nSPS) is 12.1. The summed E-state index contributed by atoms with van der Waals surface area (Å²) in [5.74, 6) is -2.75. The standard InChI is InChI=1S/C13H12N2O3/c1-8(13(17)18)12(16)15-10-4-5-11-9(7-10)3-2-6-14-11/h2-8H,1H3,(H,15,16)(H,17,18). The minimum Gasteiger partial charge on any atom is -0.481 e. The number of nitrogens with one attached hydrogen (secondary N) is 1. The second-order valence-electron chi connectivity index (χ2n) is 3.96. The molecule has 5 nitrogen and oxygen atoms in total. The molecule has 1 aromatic heterocycles. The van der Waals surface area contributed by atoms with Crippen molar-refractivity contribution in [1.29, 1.82) is 0 Å². The van der Waals surface area contributed by atoms with Crippen molar-refractivity contribution in [1.82, 2.24) is 4.98 Å². The Morgan fingerprint density at radius 1 is 1.33 bits per heavy atom. The number of benzene rings is 1. The van der Waals surface area contributed by atoms with Crippen molar-refractivity contribution >= 4 is 28.5 Å². The fourth-order valence-corrected chi connectivity index (χ4v) is 1.52. The van der Waals surface area contributed by atoms with Crippen LogP contribution in [0.15, 0.2) is 36.5 Å². The van der Waals surface area contributed by atoms with Crippen LogP contribution in [0.2, 0.25) is 0 Å². The molecule has 0 aliphatic rings. The number of rotatable bonds is 3. The van der Waals surface area contributed by atoms with E-state index in [1.807, 2.05) is 6.07 Å². The highest BCUT2D eigenvalue weighted by molar-refractivity contribution is 6.04. The maximum Gasteiger partial charge on any atom is 0.315 e. The number of hydrogen-bond donors (Lipinski definition) is 2. The number of carbonyl (C=O) groups excluding carboxylic acids is 1. The van der Waals surface area contributed by atoms with Gasteiger partial charge in [-0.15, -0.1) is 0 Å². The van der Waals surface area contributed by atoms with Crippen molar-refractivity contribution in [3.63, 3.8) is 0 Å². The molecule has 18 heavy (non-hydrogen) atoms. The Balaban J connectivity index is 2.22. The number of anilines is 1. The number of pyridine rings is 1. The van der Waals surface area contributed by atoms with Gasteiger partial charge in [0.05, 0.1) is 5.52 Å². The number of nitrogens with zero attached hydrogens (tertiary/aromatic N) is 1. The Morgan fingerprint density at radius 2 is 2.11 bits per heavy atom. The number of aliphatic carboxylic acids is 1. The first-order valence-corrected chi connectivity index (χ1v) is 5.46. The van der Waals surface area contributed by atoms with Crippen LogP contribution in [0.3, 0.4) is 0 Å². The van der Waals surface area contributed by atoms with Crippen molar-refractivity contribution in [2.24, 2.45) is 5.92 Å². The number of amides is 1. The van der Waals surface area contributed by atoms with Crippen LogP contribution in [-0.4, -0.2) is 22.0 Å². The second-order valence-corrected chi connectivity index (χ2v) is 3.96. The van der Waals surface area contributed by atoms with Crippen LogP contribution in [0.4, 0.5) is 5.69 Å². The number of aromatic nitrogens is 1. The van der Waals surface area contributed by atoms with Crippen molar-refractivity contribution < 1.29 is 14.7 Å². The van der Waals surface area contributed by atoms with E-state index >= 15 is 0 Å². The van der Waals surface area contributed by atoms with Crippen LogP contribution in [0.25, 0.3) is 10.9 Å². The lowest BCUT2D eigenvalue weighted by Gasteiger charge is -2.08. The molecule has 0 spiro atoms. The highest BCUT2D eigenvalue weighted by Crippen LogP contribution is 2.17. The fraction of sp³-hybridized carbons (Fsp3) is 0.154. The van der Waals surface area contributed by atoms with E-state index < -0.39 is 17.8 Å². The van der Waals surface area contributed by atoms with Crippen LogP contribution >= 0.6 is 0 Å². The first-order valence-electron chi connectivity index (χ1n) is 5.46. The SMILES string of the molecule is CC(C(=O)O)C(=O)Nc1ccc2ncccc2c1. The summed E-state index contributed by atoms with van der Waals surface area (Å²) in [6.45, 7) is 1.35. The first kappa shape index (κ1) is 12.0. The lowest BCUT2D eigenvalue weighted by Crippen LogP contribution is -2.26. The van der Waals surface area contributed by atoms with E-state index in [1.165, 1.54) is 6.92 Å². The second kappa shape index (κ2) is 4.83. The van der Waals surface area contributed by atoms with Gasteiger partial charge < -0.3 is 10.4 Å². The van der Waals surface area contributed by atoms with Crippen LogP contribution in [-0.2, 0) is 9.59 Å². The average Bonchev–Trinajstić information content (AvgIpc) is 2.37. The maximum absolute atomic E-state index is 11.6. The van der Waals surface area contributed by atoms with Gasteiger partial charge in [-0.2, -0.15) is 0 Å². The number of fused-ring (bicyclic) bond motifs is 1. The Kier molecular flexibility index (Phi) is 3.23. The molecule has 0 aliphatic carbocycles. The molecule has 5 heteroatoms. The molecule has 2 aromatic rings. The summed E-state index contributed by atoms with van der Waals surface area (Å²) in [5, 5.41) is 12.2. The summed E-state index contributed by atoms with van der Waals surface area (Å²) in [6.07, 6.45) is 1.69. The predicted octanol–water partition coefficient (Wildman–Crippen LogP) is 1.89. The van der Waals surface area contributed by atoms with Crippen LogP contribution < -0.4 is 5.32 Å². The first-order chi connectivity index (χ1) is 8.58. The molecule has 0 saturated carbocycles. The summed E-state index contributed by atoms with van der Waals surface area (Å²) >= 11 is 0. The monoisotopic (exact) mass is 244 g/mol. The van der Waals surface area contributed by atoms with Gasteiger partial charge in [-0.1, -0.05) is 6.07 Å². The number of carboxylic acids is 1. The minimum atomic E-state index is -1.14. The molecule has 0 bridgehead atoms. The number of hydrogen-bond acceptors (Lipinski definition) is 3. The van der Waals surface area contributed by atoms with Crippen LogP contribution in [0.5, 0.6) is 0 Å². The lowest BCUT2D eigenvalue weighted by atomic mass is 10.1. The Labute approximate surface area is 103 Å². The Morgan fingerprint density at radius 3 is 2.83 bits per heavy atom. The van der Waals surface area contributed by atoms with Gasteiger partial charge in [0.1, 0.15) is 5.92 Å². The highest BCUT2D eigenvalue weighted by atomic mass is 16.4. The quantitative estimate of drug-likeness (QED) is 0.808. The van der Waals surface area contributed by atoms with E-state index in [0.29, 0.717) is 5.69 Å². The molecule has 2 rings (SSSR count). The van der Waals surface area contributed by atoms with E-state index in [-0.39, 0.29) is 0 Å². The lowest BCUT2D eigenvalue weighted by molar-refractivity contribution is -0.144. The van der Waals surface area contributed by atoms with E-state index in [0.717, 1.165) is 10.9 Å². The molecule has 1 aromatic carbocycles. The number of carbonyl (C=O) groups is 2. The molecule has 1 unspecified atom stereocenters. The zero-order valence-electron chi connectivity index (χ0n) is 9.75. The third-order valence-corrected chi connectivity index (χ3v) is 2.63. The summed E-state index contributed by atoms with van der Waals surface area (Å²) < 4.78 is 0. The molecular formula is C13H12N2O3. The van der Waals surface area contributed by atoms with Crippen molar-refractivity contribution in [2.45, 2.75) is 6.92 Å². The molecule has 2 N–H and O–H groups in total. The largest absolute Gasteiger partial charge is 0.481 e. The van der Waals surface area contributed by atoms with Gasteiger partial charge in [-0.05, 0) is 31.2 Å². The van der Waals surface area contributed by atoms with Crippen molar-refractivity contribution in [3.05, 3.63) is 36.5 Å². The van der Waals surface area contributed by atoms with Gasteiger partial charge in [0.15, 0.2) is 0 Å². The van der Waals surface area contributed by atoms with E-state index in [2.05, 4.69) is 10.3 Å². The molecule has 1 atom stereocenters. The zero-order chi connectivity index (χ0) is 13.1. The topological polar surface area (TPSA) is 79.3 Å². The number of carboxylic acid groups (broad SMARTS) is 1. The molecular weight excluding hydrogens is 232 g/mol. The van der Waals surface area contributed by atoms with Gasteiger partial charge in [0.25, 0.3) is 0 Å². The molecule has 0 saturated heterocycles. The van der Waals surface area contributed by atoms with Gasteiger partial charge in [0, 0.05) is 17.3 Å². The van der Waals surface area contributed by atoms with Gasteiger partial charge >= 0.3 is 5.97 Å². The van der Waals surface area contributed by atoms with Crippen LogP contribution in [0, 0.1) is 5.92 Å². The molecule has 92 valence electrons. The van der Waals surface area contributed by atoms with Gasteiger partial charge in [-0.25, -0.2) is 0 Å². The van der Waals surface area contributed by atoms with Gasteiger partial charge in [0.2, 0.25) is 5.91 Å². The molecule has 1 amide bonds. The summed E-state index contributed by atoms with van der Waals surface area (Å²) in [4.78, 5) is 26.4. The molecule has 1 heterocycles. The van der Waals surface area contributed by atoms with E-state index in [4.69, 9.17) is 5.11 Å². The summed E-state index contributed by atoms with van der Waals surface area (Å²) in [5.41, 5.74) is 1.38.